The fourth-order valence-corrected chi connectivity index (χ4v) is 3.94. The Morgan fingerprint density at radius 2 is 1.56 bits per heavy atom. The maximum absolute atomic E-state index is 9.83. The molecule has 0 heterocycles. The average molecular weight is 249 g/mol. The van der Waals surface area contributed by atoms with Crippen molar-refractivity contribution in [1.29, 1.82) is 5.26 Å². The van der Waals surface area contributed by atoms with Gasteiger partial charge in [-0.15, -0.1) is 0 Å². The third-order valence-electron chi connectivity index (χ3n) is 4.57. The molecule has 0 aromatic carbocycles. The van der Waals surface area contributed by atoms with Crippen LogP contribution in [-0.4, -0.2) is 22.3 Å². The Kier molecular flexibility index (Phi) is 3.72. The van der Waals surface area contributed by atoms with E-state index in [9.17, 15) is 9.90 Å². The Morgan fingerprint density at radius 1 is 1.11 bits per heavy atom. The van der Waals surface area contributed by atoms with Gasteiger partial charge in [-0.25, -0.2) is 4.79 Å². The highest BCUT2D eigenvalue weighted by atomic mass is 16.4. The van der Waals surface area contributed by atoms with Gasteiger partial charge in [0.2, 0.25) is 0 Å². The summed E-state index contributed by atoms with van der Waals surface area (Å²) >= 11 is 0. The third-order valence-corrected chi connectivity index (χ3v) is 4.57. The van der Waals surface area contributed by atoms with Crippen LogP contribution in [0.3, 0.4) is 0 Å². The molecule has 4 nitrogen and oxygen atoms in total. The van der Waals surface area contributed by atoms with E-state index in [2.05, 4.69) is 6.58 Å². The molecule has 2 N–H and O–H groups in total. The molecule has 4 heteroatoms. The van der Waals surface area contributed by atoms with E-state index in [0.29, 0.717) is 11.8 Å². The highest BCUT2D eigenvalue weighted by Gasteiger charge is 2.47. The summed E-state index contributed by atoms with van der Waals surface area (Å²) in [5.74, 6) is 2.14. The Labute approximate surface area is 107 Å². The van der Waals surface area contributed by atoms with Gasteiger partial charge in [0.25, 0.3) is 0 Å². The molecule has 18 heavy (non-hydrogen) atoms. The van der Waals surface area contributed by atoms with Gasteiger partial charge in [-0.3, -0.25) is 0 Å². The predicted octanol–water partition coefficient (Wildman–Crippen LogP) is 1.95. The first-order chi connectivity index (χ1) is 8.51. The van der Waals surface area contributed by atoms with Crippen LogP contribution in [0.1, 0.15) is 32.1 Å². The predicted molar refractivity (Wildman–Crippen MR) is 65.4 cm³/mol. The lowest BCUT2D eigenvalue weighted by Crippen LogP contribution is -2.48. The number of carboxylic acids is 1. The zero-order valence-corrected chi connectivity index (χ0v) is 10.4. The van der Waals surface area contributed by atoms with Crippen molar-refractivity contribution in [3.05, 3.63) is 12.2 Å². The van der Waals surface area contributed by atoms with Crippen molar-refractivity contribution >= 4 is 5.97 Å². The standard InChI is InChI=1S/C10H16O.C4H3NO2/c11-10-8-2-6-1-7(4-8)5-9(10)3-6;1-3(2-5)4(6)7/h6-11H,1-5H2;1H2,(H,6,7). The van der Waals surface area contributed by atoms with E-state index in [0.717, 1.165) is 11.8 Å². The number of aliphatic carboxylic acids is 1. The molecular formula is C14H19NO3. The highest BCUT2D eigenvalue weighted by molar-refractivity contribution is 5.90. The number of rotatable bonds is 1. The molecule has 0 unspecified atom stereocenters. The van der Waals surface area contributed by atoms with Gasteiger partial charge in [-0.1, -0.05) is 6.58 Å². The lowest BCUT2D eigenvalue weighted by Gasteiger charge is -2.52. The second-order valence-electron chi connectivity index (χ2n) is 5.82. The van der Waals surface area contributed by atoms with Crippen LogP contribution < -0.4 is 0 Å². The molecule has 0 radical (unpaired) electrons. The quantitative estimate of drug-likeness (QED) is 0.549. The van der Waals surface area contributed by atoms with Crippen LogP contribution in [0.25, 0.3) is 0 Å². The number of hydrogen-bond acceptors (Lipinski definition) is 3. The molecule has 4 bridgehead atoms. The molecule has 4 aliphatic rings. The van der Waals surface area contributed by atoms with Crippen molar-refractivity contribution in [3.63, 3.8) is 0 Å². The van der Waals surface area contributed by atoms with Crippen molar-refractivity contribution < 1.29 is 15.0 Å². The van der Waals surface area contributed by atoms with Crippen LogP contribution in [0.4, 0.5) is 0 Å². The second kappa shape index (κ2) is 5.11. The SMILES string of the molecule is C=C(C#N)C(=O)O.OC1C2CC3CC(C2)CC1C3. The zero-order valence-electron chi connectivity index (χ0n) is 10.4. The Morgan fingerprint density at radius 3 is 1.83 bits per heavy atom. The number of carbonyl (C=O) groups is 1. The van der Waals surface area contributed by atoms with Crippen LogP contribution >= 0.6 is 0 Å². The second-order valence-corrected chi connectivity index (χ2v) is 5.82. The smallest absolute Gasteiger partial charge is 0.345 e. The summed E-state index contributed by atoms with van der Waals surface area (Å²) in [6.07, 6.45) is 6.94. The van der Waals surface area contributed by atoms with Crippen molar-refractivity contribution in [2.75, 3.05) is 0 Å². The Hall–Kier alpha value is -1.34. The number of nitriles is 1. The normalized spacial score (nSPS) is 39.4. The van der Waals surface area contributed by atoms with Gasteiger partial charge in [0.15, 0.2) is 0 Å². The summed E-state index contributed by atoms with van der Waals surface area (Å²) in [4.78, 5) is 9.61. The molecule has 0 aromatic heterocycles. The Bertz CT molecular complexity index is 368. The average Bonchev–Trinajstić information content (AvgIpc) is 2.34. The summed E-state index contributed by atoms with van der Waals surface area (Å²) < 4.78 is 0. The molecule has 4 fully saturated rings. The minimum Gasteiger partial charge on any atom is -0.477 e. The number of nitrogens with zero attached hydrogens (tertiary/aromatic N) is 1. The first kappa shape index (κ1) is 13.1. The molecule has 4 aliphatic carbocycles. The first-order valence-electron chi connectivity index (χ1n) is 6.51. The van der Waals surface area contributed by atoms with Crippen LogP contribution in [0, 0.1) is 35.0 Å². The fourth-order valence-electron chi connectivity index (χ4n) is 3.94. The van der Waals surface area contributed by atoms with E-state index in [1.807, 2.05) is 0 Å². The van der Waals surface area contributed by atoms with Crippen LogP contribution in [0.5, 0.6) is 0 Å². The fraction of sp³-hybridized carbons (Fsp3) is 0.714. The van der Waals surface area contributed by atoms with Gasteiger partial charge in [0.1, 0.15) is 11.6 Å². The Balaban J connectivity index is 0.000000152. The molecular weight excluding hydrogens is 230 g/mol. The van der Waals surface area contributed by atoms with Crippen LogP contribution in [0.2, 0.25) is 0 Å². The number of carboxylic acid groups (broad SMARTS) is 1. The summed E-state index contributed by atoms with van der Waals surface area (Å²) in [6.45, 7) is 2.91. The van der Waals surface area contributed by atoms with Crippen LogP contribution in [-0.2, 0) is 4.79 Å². The minimum absolute atomic E-state index is 0.0859. The molecule has 0 aliphatic heterocycles. The topological polar surface area (TPSA) is 81.3 Å². The lowest BCUT2D eigenvalue weighted by atomic mass is 9.55. The summed E-state index contributed by atoms with van der Waals surface area (Å²) in [7, 11) is 0. The molecule has 98 valence electrons. The van der Waals surface area contributed by atoms with Gasteiger partial charge in [0.05, 0.1) is 6.10 Å². The summed E-state index contributed by atoms with van der Waals surface area (Å²) in [6, 6.07) is 1.37. The number of hydrogen-bond donors (Lipinski definition) is 2. The highest BCUT2D eigenvalue weighted by Crippen LogP contribution is 2.53. The monoisotopic (exact) mass is 249 g/mol. The van der Waals surface area contributed by atoms with E-state index >= 15 is 0 Å². The van der Waals surface area contributed by atoms with Gasteiger partial charge >= 0.3 is 5.97 Å². The van der Waals surface area contributed by atoms with E-state index in [1.54, 1.807) is 0 Å². The number of aliphatic hydroxyl groups excluding tert-OH is 1. The largest absolute Gasteiger partial charge is 0.477 e. The maximum atomic E-state index is 9.83. The van der Waals surface area contributed by atoms with Crippen molar-refractivity contribution in [1.82, 2.24) is 0 Å². The summed E-state index contributed by atoms with van der Waals surface area (Å²) in [5, 5.41) is 25.5. The molecule has 4 saturated carbocycles. The van der Waals surface area contributed by atoms with Gasteiger partial charge in [0, 0.05) is 0 Å². The lowest BCUT2D eigenvalue weighted by molar-refractivity contribution is -0.132. The third kappa shape index (κ3) is 2.56. The molecule has 0 atom stereocenters. The van der Waals surface area contributed by atoms with Crippen molar-refractivity contribution in [2.45, 2.75) is 38.2 Å². The van der Waals surface area contributed by atoms with Crippen LogP contribution in [0.15, 0.2) is 12.2 Å². The minimum atomic E-state index is -1.26. The van der Waals surface area contributed by atoms with E-state index in [4.69, 9.17) is 10.4 Å². The van der Waals surface area contributed by atoms with Crippen molar-refractivity contribution in [3.8, 4) is 6.07 Å². The van der Waals surface area contributed by atoms with E-state index in [1.165, 1.54) is 38.2 Å². The number of aliphatic hydroxyl groups is 1. The van der Waals surface area contributed by atoms with E-state index in [-0.39, 0.29) is 6.10 Å². The zero-order chi connectivity index (χ0) is 13.3. The van der Waals surface area contributed by atoms with Gasteiger partial charge in [-0.05, 0) is 55.8 Å². The summed E-state index contributed by atoms with van der Waals surface area (Å²) in [5.41, 5.74) is -0.431. The maximum Gasteiger partial charge on any atom is 0.345 e. The van der Waals surface area contributed by atoms with E-state index < -0.39 is 11.5 Å². The molecule has 0 amide bonds. The molecule has 0 spiro atoms. The van der Waals surface area contributed by atoms with Gasteiger partial charge < -0.3 is 10.2 Å². The first-order valence-corrected chi connectivity index (χ1v) is 6.51. The molecule has 4 rings (SSSR count). The van der Waals surface area contributed by atoms with Gasteiger partial charge in [-0.2, -0.15) is 5.26 Å². The molecule has 0 aromatic rings. The van der Waals surface area contributed by atoms with Crippen molar-refractivity contribution in [2.24, 2.45) is 23.7 Å². The molecule has 0 saturated heterocycles.